The van der Waals surface area contributed by atoms with Gasteiger partial charge >= 0.3 is 0 Å². The van der Waals surface area contributed by atoms with Crippen LogP contribution in [-0.4, -0.2) is 7.11 Å². The van der Waals surface area contributed by atoms with Crippen LogP contribution in [0.5, 0.6) is 5.75 Å². The van der Waals surface area contributed by atoms with Crippen LogP contribution in [0.1, 0.15) is 49.9 Å². The molecule has 1 aromatic rings. The van der Waals surface area contributed by atoms with Gasteiger partial charge < -0.3 is 10.5 Å². The molecular formula is C15H25NO. The number of aryl methyl sites for hydroxylation is 2. The maximum absolute atomic E-state index is 6.40. The minimum absolute atomic E-state index is 0.0668. The maximum Gasteiger partial charge on any atom is 0.122 e. The van der Waals surface area contributed by atoms with Crippen LogP contribution in [0, 0.1) is 19.3 Å². The molecule has 0 saturated carbocycles. The molecule has 0 aliphatic rings. The van der Waals surface area contributed by atoms with Gasteiger partial charge in [0.05, 0.1) is 7.11 Å². The van der Waals surface area contributed by atoms with Crippen molar-refractivity contribution >= 4 is 0 Å². The van der Waals surface area contributed by atoms with Crippen LogP contribution in [0.3, 0.4) is 0 Å². The van der Waals surface area contributed by atoms with E-state index >= 15 is 0 Å². The monoisotopic (exact) mass is 235 g/mol. The molecule has 2 heteroatoms. The topological polar surface area (TPSA) is 35.2 Å². The van der Waals surface area contributed by atoms with Crippen molar-refractivity contribution in [3.05, 3.63) is 28.8 Å². The molecule has 0 spiro atoms. The van der Waals surface area contributed by atoms with Crippen molar-refractivity contribution in [2.45, 2.75) is 47.1 Å². The van der Waals surface area contributed by atoms with Gasteiger partial charge in [-0.1, -0.05) is 26.8 Å². The van der Waals surface area contributed by atoms with Crippen LogP contribution < -0.4 is 10.5 Å². The Balaban J connectivity index is 3.19. The summed E-state index contributed by atoms with van der Waals surface area (Å²) in [5.41, 5.74) is 10.1. The van der Waals surface area contributed by atoms with Gasteiger partial charge in [-0.2, -0.15) is 0 Å². The highest BCUT2D eigenvalue weighted by molar-refractivity contribution is 5.43. The van der Waals surface area contributed by atoms with Crippen LogP contribution in [-0.2, 0) is 0 Å². The van der Waals surface area contributed by atoms with E-state index in [4.69, 9.17) is 10.5 Å². The number of nitrogens with two attached hydrogens (primary N) is 1. The molecule has 0 fully saturated rings. The molecule has 1 rings (SSSR count). The number of ether oxygens (including phenoxy) is 1. The van der Waals surface area contributed by atoms with E-state index < -0.39 is 0 Å². The Morgan fingerprint density at radius 3 is 2.29 bits per heavy atom. The van der Waals surface area contributed by atoms with Gasteiger partial charge in [-0.15, -0.1) is 0 Å². The van der Waals surface area contributed by atoms with Crippen molar-refractivity contribution in [1.82, 2.24) is 0 Å². The van der Waals surface area contributed by atoms with Crippen molar-refractivity contribution < 1.29 is 4.74 Å². The molecule has 0 aliphatic carbocycles. The first-order chi connectivity index (χ1) is 7.83. The Morgan fingerprint density at radius 2 is 1.82 bits per heavy atom. The van der Waals surface area contributed by atoms with E-state index in [0.717, 1.165) is 17.7 Å². The number of rotatable bonds is 4. The molecule has 0 aromatic heterocycles. The normalized spacial score (nSPS) is 13.6. The second kappa shape index (κ2) is 5.09. The molecule has 0 aliphatic heterocycles. The molecule has 1 aromatic carbocycles. The van der Waals surface area contributed by atoms with Gasteiger partial charge in [0.25, 0.3) is 0 Å². The molecule has 2 nitrogen and oxygen atoms in total. The Bertz CT molecular complexity index is 396. The van der Waals surface area contributed by atoms with Crippen LogP contribution in [0.25, 0.3) is 0 Å². The van der Waals surface area contributed by atoms with Gasteiger partial charge in [-0.3, -0.25) is 0 Å². The van der Waals surface area contributed by atoms with Crippen molar-refractivity contribution in [1.29, 1.82) is 0 Å². The van der Waals surface area contributed by atoms with E-state index in [-0.39, 0.29) is 11.5 Å². The summed E-state index contributed by atoms with van der Waals surface area (Å²) in [7, 11) is 1.71. The fraction of sp³-hybridized carbons (Fsp3) is 0.600. The highest BCUT2D eigenvalue weighted by Gasteiger charge is 2.27. The summed E-state index contributed by atoms with van der Waals surface area (Å²) in [5, 5.41) is 0. The second-order valence-corrected chi connectivity index (χ2v) is 5.50. The number of hydrogen-bond donors (Lipinski definition) is 1. The third kappa shape index (κ3) is 2.81. The number of methoxy groups -OCH3 is 1. The molecule has 1 unspecified atom stereocenters. The maximum atomic E-state index is 6.40. The second-order valence-electron chi connectivity index (χ2n) is 5.50. The molecule has 96 valence electrons. The highest BCUT2D eigenvalue weighted by Crippen LogP contribution is 2.37. The van der Waals surface area contributed by atoms with E-state index in [0.29, 0.717) is 0 Å². The van der Waals surface area contributed by atoms with Crippen molar-refractivity contribution in [3.8, 4) is 5.75 Å². The summed E-state index contributed by atoms with van der Waals surface area (Å²) in [4.78, 5) is 0. The van der Waals surface area contributed by atoms with Gasteiger partial charge in [0.1, 0.15) is 5.75 Å². The lowest BCUT2D eigenvalue weighted by Crippen LogP contribution is -2.29. The van der Waals surface area contributed by atoms with Crippen LogP contribution in [0.4, 0.5) is 0 Å². The zero-order valence-corrected chi connectivity index (χ0v) is 11.9. The molecule has 0 saturated heterocycles. The first-order valence-electron chi connectivity index (χ1n) is 6.24. The van der Waals surface area contributed by atoms with Gasteiger partial charge in [-0.05, 0) is 48.4 Å². The molecule has 0 amide bonds. The lowest BCUT2D eigenvalue weighted by Gasteiger charge is -2.32. The fourth-order valence-electron chi connectivity index (χ4n) is 2.01. The van der Waals surface area contributed by atoms with E-state index in [1.807, 2.05) is 0 Å². The van der Waals surface area contributed by atoms with Gasteiger partial charge in [0.15, 0.2) is 0 Å². The van der Waals surface area contributed by atoms with Crippen LogP contribution >= 0.6 is 0 Å². The van der Waals surface area contributed by atoms with Crippen LogP contribution in [0.2, 0.25) is 0 Å². The first-order valence-corrected chi connectivity index (χ1v) is 6.24. The molecule has 0 heterocycles. The SMILES string of the molecule is CCC(C)(C)C(N)c1cc(C)c(OC)cc1C. The predicted octanol–water partition coefficient (Wildman–Crippen LogP) is 3.75. The first kappa shape index (κ1) is 14.0. The molecular weight excluding hydrogens is 210 g/mol. The van der Waals surface area contributed by atoms with Crippen molar-refractivity contribution in [3.63, 3.8) is 0 Å². The summed E-state index contributed by atoms with van der Waals surface area (Å²) in [6.45, 7) is 10.8. The Labute approximate surface area is 105 Å². The number of benzene rings is 1. The zero-order valence-electron chi connectivity index (χ0n) is 11.9. The zero-order chi connectivity index (χ0) is 13.2. The van der Waals surface area contributed by atoms with E-state index in [2.05, 4.69) is 46.8 Å². The van der Waals surface area contributed by atoms with Crippen molar-refractivity contribution in [2.24, 2.45) is 11.1 Å². The Kier molecular flexibility index (Phi) is 4.21. The van der Waals surface area contributed by atoms with Gasteiger partial charge in [-0.25, -0.2) is 0 Å². The molecule has 2 N–H and O–H groups in total. The summed E-state index contributed by atoms with van der Waals surface area (Å²) < 4.78 is 5.33. The van der Waals surface area contributed by atoms with Crippen LogP contribution in [0.15, 0.2) is 12.1 Å². The predicted molar refractivity (Wildman–Crippen MR) is 73.5 cm³/mol. The summed E-state index contributed by atoms with van der Waals surface area (Å²) in [6, 6.07) is 4.31. The standard InChI is InChI=1S/C15H25NO/c1-7-15(4,5)14(16)12-8-11(3)13(17-6)9-10(12)2/h8-9,14H,7,16H2,1-6H3. The van der Waals surface area contributed by atoms with Gasteiger partial charge in [0, 0.05) is 6.04 Å². The molecule has 0 bridgehead atoms. The summed E-state index contributed by atoms with van der Waals surface area (Å²) in [6.07, 6.45) is 1.07. The minimum Gasteiger partial charge on any atom is -0.496 e. The Hall–Kier alpha value is -1.02. The Morgan fingerprint density at radius 1 is 1.24 bits per heavy atom. The largest absolute Gasteiger partial charge is 0.496 e. The van der Waals surface area contributed by atoms with Gasteiger partial charge in [0.2, 0.25) is 0 Å². The minimum atomic E-state index is 0.0668. The number of hydrogen-bond acceptors (Lipinski definition) is 2. The van der Waals surface area contributed by atoms with Crippen molar-refractivity contribution in [2.75, 3.05) is 7.11 Å². The highest BCUT2D eigenvalue weighted by atomic mass is 16.5. The summed E-state index contributed by atoms with van der Waals surface area (Å²) >= 11 is 0. The molecule has 0 radical (unpaired) electrons. The third-order valence-electron chi connectivity index (χ3n) is 3.87. The fourth-order valence-corrected chi connectivity index (χ4v) is 2.01. The van der Waals surface area contributed by atoms with E-state index in [1.54, 1.807) is 7.11 Å². The average molecular weight is 235 g/mol. The smallest absolute Gasteiger partial charge is 0.122 e. The molecule has 1 atom stereocenters. The summed E-state index contributed by atoms with van der Waals surface area (Å²) in [5.74, 6) is 0.938. The third-order valence-corrected chi connectivity index (χ3v) is 3.87. The van der Waals surface area contributed by atoms with E-state index in [1.165, 1.54) is 11.1 Å². The van der Waals surface area contributed by atoms with E-state index in [9.17, 15) is 0 Å². The molecule has 17 heavy (non-hydrogen) atoms. The quantitative estimate of drug-likeness (QED) is 0.862. The lowest BCUT2D eigenvalue weighted by atomic mass is 9.77. The average Bonchev–Trinajstić information content (AvgIpc) is 2.30. The lowest BCUT2D eigenvalue weighted by molar-refractivity contribution is 0.277.